The third kappa shape index (κ3) is 3.75. The topological polar surface area (TPSA) is 54.6 Å². The summed E-state index contributed by atoms with van der Waals surface area (Å²) >= 11 is 0. The average molecular weight is 310 g/mol. The molecule has 0 radical (unpaired) electrons. The SMILES string of the molecule is CC(C)=NNC(=O)c1ccc(-c2cccc(C(F)(F)F)c2)o1. The van der Waals surface area contributed by atoms with Crippen molar-refractivity contribution >= 4 is 11.6 Å². The number of hydrazone groups is 1. The molecule has 1 amide bonds. The van der Waals surface area contributed by atoms with Gasteiger partial charge in [0.2, 0.25) is 0 Å². The Kier molecular flexibility index (Phi) is 4.35. The number of carbonyl (C=O) groups is 1. The molecule has 0 saturated carbocycles. The fourth-order valence-electron chi connectivity index (χ4n) is 1.68. The van der Waals surface area contributed by atoms with Crippen molar-refractivity contribution in [3.8, 4) is 11.3 Å². The van der Waals surface area contributed by atoms with Gasteiger partial charge in [-0.15, -0.1) is 0 Å². The van der Waals surface area contributed by atoms with E-state index in [0.29, 0.717) is 5.71 Å². The molecule has 1 aromatic carbocycles. The standard InChI is InChI=1S/C15H13F3N2O2/c1-9(2)19-20-14(21)13-7-6-12(22-13)10-4-3-5-11(8-10)15(16,17)18/h3-8H,1-2H3,(H,20,21). The zero-order chi connectivity index (χ0) is 16.3. The van der Waals surface area contributed by atoms with Crippen molar-refractivity contribution < 1.29 is 22.4 Å². The molecule has 4 nitrogen and oxygen atoms in total. The first-order chi connectivity index (χ1) is 10.3. The molecule has 2 aromatic rings. The van der Waals surface area contributed by atoms with Crippen LogP contribution in [-0.2, 0) is 6.18 Å². The van der Waals surface area contributed by atoms with Crippen molar-refractivity contribution in [1.82, 2.24) is 5.43 Å². The van der Waals surface area contributed by atoms with Crippen LogP contribution in [-0.4, -0.2) is 11.6 Å². The average Bonchev–Trinajstić information content (AvgIpc) is 2.94. The molecule has 0 spiro atoms. The molecule has 1 heterocycles. The lowest BCUT2D eigenvalue weighted by Crippen LogP contribution is -2.17. The number of carbonyl (C=O) groups excluding carboxylic acids is 1. The van der Waals surface area contributed by atoms with Crippen molar-refractivity contribution in [3.63, 3.8) is 0 Å². The summed E-state index contributed by atoms with van der Waals surface area (Å²) in [4.78, 5) is 11.7. The van der Waals surface area contributed by atoms with Gasteiger partial charge in [-0.1, -0.05) is 12.1 Å². The first kappa shape index (κ1) is 15.8. The van der Waals surface area contributed by atoms with Crippen LogP contribution in [0.2, 0.25) is 0 Å². The van der Waals surface area contributed by atoms with Crippen LogP contribution in [0.3, 0.4) is 0 Å². The van der Waals surface area contributed by atoms with Gasteiger partial charge >= 0.3 is 12.1 Å². The van der Waals surface area contributed by atoms with Crippen LogP contribution < -0.4 is 5.43 Å². The maximum absolute atomic E-state index is 12.7. The molecule has 1 aromatic heterocycles. The minimum Gasteiger partial charge on any atom is -0.451 e. The van der Waals surface area contributed by atoms with Crippen LogP contribution in [0, 0.1) is 0 Å². The fraction of sp³-hybridized carbons (Fsp3) is 0.200. The van der Waals surface area contributed by atoms with Crippen molar-refractivity contribution in [2.75, 3.05) is 0 Å². The first-order valence-corrected chi connectivity index (χ1v) is 6.36. The molecule has 0 fully saturated rings. The molecule has 0 saturated heterocycles. The summed E-state index contributed by atoms with van der Waals surface area (Å²) in [6.07, 6.45) is -4.43. The molecular formula is C15H13F3N2O2. The molecule has 22 heavy (non-hydrogen) atoms. The second kappa shape index (κ2) is 6.05. The maximum atomic E-state index is 12.7. The van der Waals surface area contributed by atoms with E-state index < -0.39 is 17.6 Å². The molecule has 0 atom stereocenters. The van der Waals surface area contributed by atoms with Crippen molar-refractivity contribution in [2.24, 2.45) is 5.10 Å². The molecule has 0 aliphatic heterocycles. The van der Waals surface area contributed by atoms with Crippen LogP contribution >= 0.6 is 0 Å². The molecular weight excluding hydrogens is 297 g/mol. The predicted octanol–water partition coefficient (Wildman–Crippen LogP) is 4.09. The molecule has 7 heteroatoms. The Balaban J connectivity index is 2.25. The number of amides is 1. The van der Waals surface area contributed by atoms with E-state index in [9.17, 15) is 18.0 Å². The largest absolute Gasteiger partial charge is 0.451 e. The van der Waals surface area contributed by atoms with Gasteiger partial charge in [-0.3, -0.25) is 4.79 Å². The van der Waals surface area contributed by atoms with Crippen LogP contribution in [0.4, 0.5) is 13.2 Å². The Labute approximate surface area is 124 Å². The first-order valence-electron chi connectivity index (χ1n) is 6.36. The van der Waals surface area contributed by atoms with Gasteiger partial charge in [0.1, 0.15) is 5.76 Å². The number of nitrogens with zero attached hydrogens (tertiary/aromatic N) is 1. The number of benzene rings is 1. The highest BCUT2D eigenvalue weighted by molar-refractivity contribution is 5.93. The van der Waals surface area contributed by atoms with E-state index >= 15 is 0 Å². The Morgan fingerprint density at radius 2 is 1.91 bits per heavy atom. The summed E-state index contributed by atoms with van der Waals surface area (Å²) < 4.78 is 43.3. The van der Waals surface area contributed by atoms with Crippen LogP contribution in [0.15, 0.2) is 45.9 Å². The number of furan rings is 1. The van der Waals surface area contributed by atoms with Crippen LogP contribution in [0.25, 0.3) is 11.3 Å². The normalized spacial score (nSPS) is 11.1. The molecule has 2 rings (SSSR count). The summed E-state index contributed by atoms with van der Waals surface area (Å²) in [5, 5.41) is 3.74. The van der Waals surface area contributed by atoms with E-state index in [-0.39, 0.29) is 17.1 Å². The van der Waals surface area contributed by atoms with E-state index in [1.165, 1.54) is 24.3 Å². The summed E-state index contributed by atoms with van der Waals surface area (Å²) in [7, 11) is 0. The highest BCUT2D eigenvalue weighted by Crippen LogP contribution is 2.32. The zero-order valence-corrected chi connectivity index (χ0v) is 11.9. The van der Waals surface area contributed by atoms with Gasteiger partial charge in [0.25, 0.3) is 0 Å². The number of hydrogen-bond donors (Lipinski definition) is 1. The lowest BCUT2D eigenvalue weighted by Gasteiger charge is -2.07. The zero-order valence-electron chi connectivity index (χ0n) is 11.9. The molecule has 0 bridgehead atoms. The third-order valence-electron chi connectivity index (χ3n) is 2.69. The Morgan fingerprint density at radius 1 is 1.18 bits per heavy atom. The Bertz CT molecular complexity index is 714. The highest BCUT2D eigenvalue weighted by Gasteiger charge is 2.30. The van der Waals surface area contributed by atoms with Crippen molar-refractivity contribution in [1.29, 1.82) is 0 Å². The monoisotopic (exact) mass is 310 g/mol. The van der Waals surface area contributed by atoms with Gasteiger partial charge in [0.05, 0.1) is 5.56 Å². The summed E-state index contributed by atoms with van der Waals surface area (Å²) in [5.74, 6) is -0.426. The van der Waals surface area contributed by atoms with Crippen molar-refractivity contribution in [3.05, 3.63) is 47.7 Å². The van der Waals surface area contributed by atoms with Gasteiger partial charge in [-0.2, -0.15) is 18.3 Å². The number of halogens is 3. The van der Waals surface area contributed by atoms with Gasteiger partial charge in [0.15, 0.2) is 5.76 Å². The lowest BCUT2D eigenvalue weighted by atomic mass is 10.1. The molecule has 1 N–H and O–H groups in total. The van der Waals surface area contributed by atoms with Gasteiger partial charge in [-0.05, 0) is 38.1 Å². The van der Waals surface area contributed by atoms with Crippen LogP contribution in [0.5, 0.6) is 0 Å². The van der Waals surface area contributed by atoms with E-state index in [0.717, 1.165) is 12.1 Å². The van der Waals surface area contributed by atoms with E-state index in [1.807, 2.05) is 0 Å². The summed E-state index contributed by atoms with van der Waals surface area (Å²) in [5.41, 5.74) is 2.39. The Hall–Kier alpha value is -2.57. The highest BCUT2D eigenvalue weighted by atomic mass is 19.4. The van der Waals surface area contributed by atoms with Gasteiger partial charge < -0.3 is 4.42 Å². The van der Waals surface area contributed by atoms with E-state index in [2.05, 4.69) is 10.5 Å². The van der Waals surface area contributed by atoms with E-state index in [4.69, 9.17) is 4.42 Å². The second-order valence-electron chi connectivity index (χ2n) is 4.74. The minimum absolute atomic E-state index is 0.0302. The quantitative estimate of drug-likeness (QED) is 0.685. The molecule has 116 valence electrons. The molecule has 0 aliphatic carbocycles. The fourth-order valence-corrected chi connectivity index (χ4v) is 1.68. The summed E-state index contributed by atoms with van der Waals surface area (Å²) in [6.45, 7) is 3.41. The number of alkyl halides is 3. The molecule has 0 aliphatic rings. The van der Waals surface area contributed by atoms with Crippen LogP contribution in [0.1, 0.15) is 30.0 Å². The molecule has 0 unspecified atom stereocenters. The Morgan fingerprint density at radius 3 is 2.55 bits per heavy atom. The van der Waals surface area contributed by atoms with E-state index in [1.54, 1.807) is 13.8 Å². The number of nitrogens with one attached hydrogen (secondary N) is 1. The number of rotatable bonds is 3. The maximum Gasteiger partial charge on any atom is 0.416 e. The predicted molar refractivity (Wildman–Crippen MR) is 75.4 cm³/mol. The van der Waals surface area contributed by atoms with Crippen molar-refractivity contribution in [2.45, 2.75) is 20.0 Å². The summed E-state index contributed by atoms with van der Waals surface area (Å²) in [6, 6.07) is 7.52. The number of hydrogen-bond acceptors (Lipinski definition) is 3. The minimum atomic E-state index is -4.43. The van der Waals surface area contributed by atoms with Gasteiger partial charge in [0, 0.05) is 11.3 Å². The third-order valence-corrected chi connectivity index (χ3v) is 2.69. The van der Waals surface area contributed by atoms with Gasteiger partial charge in [-0.25, -0.2) is 5.43 Å². The smallest absolute Gasteiger partial charge is 0.416 e. The lowest BCUT2D eigenvalue weighted by molar-refractivity contribution is -0.137. The second-order valence-corrected chi connectivity index (χ2v) is 4.74.